The summed E-state index contributed by atoms with van der Waals surface area (Å²) in [5, 5.41) is 7.99. The molecule has 1 aromatic carbocycles. The molecule has 4 nitrogen and oxygen atoms in total. The van der Waals surface area contributed by atoms with Gasteiger partial charge < -0.3 is 15.4 Å². The summed E-state index contributed by atoms with van der Waals surface area (Å²) in [6.07, 6.45) is 10.4. The molecule has 4 unspecified atom stereocenters. The Bertz CT molecular complexity index is 1090. The second kappa shape index (κ2) is 7.94. The van der Waals surface area contributed by atoms with Crippen molar-refractivity contribution in [3.63, 3.8) is 0 Å². The normalized spacial score (nSPS) is 40.6. The van der Waals surface area contributed by atoms with Gasteiger partial charge in [0.2, 0.25) is 0 Å². The van der Waals surface area contributed by atoms with Crippen molar-refractivity contribution >= 4 is 23.3 Å². The van der Waals surface area contributed by atoms with E-state index in [0.29, 0.717) is 17.8 Å². The molecule has 5 aliphatic rings. The standard InChI is InChI=1S/C29H36N2O2S/c1-17(32)33-20-11-13-28(2)19(15-20)9-10-21-23(28)12-14-29(3)24(21)16-22-25(18-7-5-4-6-8-18)30-27(34)31-26(22)29/h4-9,20-21,23-25H,10-16H2,1-3H3,(H2,30,31,34)/t20-,21?,23?,24?,25?,28-,29-/m0/s1. The number of carbonyl (C=O) groups excluding carboxylic acids is 1. The Labute approximate surface area is 208 Å². The van der Waals surface area contributed by atoms with Gasteiger partial charge in [0.15, 0.2) is 5.11 Å². The molecule has 0 aromatic heterocycles. The fourth-order valence-electron chi connectivity index (χ4n) is 8.46. The van der Waals surface area contributed by atoms with Gasteiger partial charge in [0.05, 0.1) is 6.04 Å². The zero-order valence-electron chi connectivity index (χ0n) is 20.5. The van der Waals surface area contributed by atoms with Crippen molar-refractivity contribution < 1.29 is 9.53 Å². The summed E-state index contributed by atoms with van der Waals surface area (Å²) in [7, 11) is 0. The average Bonchev–Trinajstić information content (AvgIpc) is 3.11. The molecule has 7 atom stereocenters. The Kier molecular flexibility index (Phi) is 5.22. The molecule has 0 saturated heterocycles. The van der Waals surface area contributed by atoms with Gasteiger partial charge >= 0.3 is 5.97 Å². The summed E-state index contributed by atoms with van der Waals surface area (Å²) >= 11 is 5.70. The highest BCUT2D eigenvalue weighted by Crippen LogP contribution is 2.66. The van der Waals surface area contributed by atoms with E-state index in [2.05, 4.69) is 60.9 Å². The fourth-order valence-corrected chi connectivity index (χ4v) is 8.68. The summed E-state index contributed by atoms with van der Waals surface area (Å²) in [5.41, 5.74) is 6.18. The van der Waals surface area contributed by atoms with Crippen LogP contribution in [0.3, 0.4) is 0 Å². The SMILES string of the molecule is CC(=O)O[C@H]1CC[C@@]2(C)C(=CCC3C2CC[C@]2(C)C4=C(CC32)C(c2ccccc2)NC(=S)N4)C1. The largest absolute Gasteiger partial charge is 0.462 e. The Morgan fingerprint density at radius 2 is 1.82 bits per heavy atom. The predicted octanol–water partition coefficient (Wildman–Crippen LogP) is 5.96. The number of hydrogen-bond donors (Lipinski definition) is 2. The van der Waals surface area contributed by atoms with Crippen LogP contribution in [0.15, 0.2) is 53.3 Å². The molecule has 0 radical (unpaired) electrons. The van der Waals surface area contributed by atoms with Gasteiger partial charge in [-0.1, -0.05) is 55.8 Å². The first-order chi connectivity index (χ1) is 16.3. The van der Waals surface area contributed by atoms with E-state index in [-0.39, 0.29) is 28.9 Å². The third-order valence-electron chi connectivity index (χ3n) is 10.1. The lowest BCUT2D eigenvalue weighted by Gasteiger charge is -2.57. The Hall–Kier alpha value is -2.14. The van der Waals surface area contributed by atoms with Gasteiger partial charge in [-0.15, -0.1) is 0 Å². The molecule has 2 N–H and O–H groups in total. The molecule has 1 aliphatic heterocycles. The monoisotopic (exact) mass is 476 g/mol. The van der Waals surface area contributed by atoms with Crippen LogP contribution in [0.2, 0.25) is 0 Å². The highest BCUT2D eigenvalue weighted by Gasteiger charge is 2.59. The van der Waals surface area contributed by atoms with Crippen LogP contribution in [0.5, 0.6) is 0 Å². The molecule has 34 heavy (non-hydrogen) atoms. The van der Waals surface area contributed by atoms with E-state index in [0.717, 1.165) is 37.2 Å². The number of fused-ring (bicyclic) bond motifs is 6. The number of rotatable bonds is 2. The molecular weight excluding hydrogens is 440 g/mol. The highest BCUT2D eigenvalue weighted by atomic mass is 32.1. The zero-order valence-corrected chi connectivity index (χ0v) is 21.3. The van der Waals surface area contributed by atoms with E-state index in [4.69, 9.17) is 17.0 Å². The van der Waals surface area contributed by atoms with Gasteiger partial charge in [0, 0.05) is 24.5 Å². The third kappa shape index (κ3) is 3.30. The lowest BCUT2D eigenvalue weighted by atomic mass is 9.48. The minimum Gasteiger partial charge on any atom is -0.462 e. The first-order valence-electron chi connectivity index (χ1n) is 13.0. The summed E-state index contributed by atoms with van der Waals surface area (Å²) in [5.74, 6) is 1.89. The van der Waals surface area contributed by atoms with Crippen LogP contribution in [0, 0.1) is 28.6 Å². The minimum atomic E-state index is -0.147. The summed E-state index contributed by atoms with van der Waals surface area (Å²) in [6, 6.07) is 11.0. The number of allylic oxidation sites excluding steroid dienone is 2. The Balaban J connectivity index is 1.31. The number of thiocarbonyl (C=S) groups is 1. The molecule has 2 saturated carbocycles. The molecule has 1 heterocycles. The summed E-state index contributed by atoms with van der Waals surface area (Å²) in [4.78, 5) is 11.5. The van der Waals surface area contributed by atoms with Gasteiger partial charge in [0.25, 0.3) is 0 Å². The smallest absolute Gasteiger partial charge is 0.302 e. The lowest BCUT2D eigenvalue weighted by molar-refractivity contribution is -0.148. The second-order valence-corrected chi connectivity index (χ2v) is 12.1. The molecule has 5 heteroatoms. The molecule has 0 amide bonds. The number of esters is 1. The molecule has 6 rings (SSSR count). The van der Waals surface area contributed by atoms with Crippen molar-refractivity contribution in [2.75, 3.05) is 0 Å². The van der Waals surface area contributed by atoms with Gasteiger partial charge in [-0.25, -0.2) is 0 Å². The van der Waals surface area contributed by atoms with E-state index < -0.39 is 0 Å². The lowest BCUT2D eigenvalue weighted by Crippen LogP contribution is -2.52. The third-order valence-corrected chi connectivity index (χ3v) is 10.3. The van der Waals surface area contributed by atoms with E-state index in [9.17, 15) is 4.79 Å². The fraction of sp³-hybridized carbons (Fsp3) is 0.586. The van der Waals surface area contributed by atoms with Gasteiger partial charge in [0.1, 0.15) is 6.10 Å². The van der Waals surface area contributed by atoms with Crippen molar-refractivity contribution in [1.29, 1.82) is 0 Å². The molecular formula is C29H36N2O2S. The van der Waals surface area contributed by atoms with Gasteiger partial charge in [-0.05, 0) is 85.0 Å². The van der Waals surface area contributed by atoms with Crippen molar-refractivity contribution in [2.45, 2.75) is 77.9 Å². The van der Waals surface area contributed by atoms with Crippen LogP contribution in [0.1, 0.15) is 77.3 Å². The van der Waals surface area contributed by atoms with Crippen LogP contribution >= 0.6 is 12.2 Å². The minimum absolute atomic E-state index is 0.0607. The van der Waals surface area contributed by atoms with Crippen molar-refractivity contribution in [2.24, 2.45) is 28.6 Å². The Morgan fingerprint density at radius 3 is 2.59 bits per heavy atom. The maximum atomic E-state index is 11.5. The molecule has 0 bridgehead atoms. The van der Waals surface area contributed by atoms with Crippen molar-refractivity contribution in [3.05, 3.63) is 58.8 Å². The predicted molar refractivity (Wildman–Crippen MR) is 138 cm³/mol. The molecule has 180 valence electrons. The number of carbonyl (C=O) groups is 1. The van der Waals surface area contributed by atoms with Crippen LogP contribution in [0.25, 0.3) is 0 Å². The highest BCUT2D eigenvalue weighted by molar-refractivity contribution is 7.80. The topological polar surface area (TPSA) is 50.4 Å². The van der Waals surface area contributed by atoms with Crippen LogP contribution in [-0.4, -0.2) is 17.2 Å². The maximum absolute atomic E-state index is 11.5. The summed E-state index contributed by atoms with van der Waals surface area (Å²) in [6.45, 7) is 6.54. The van der Waals surface area contributed by atoms with Crippen LogP contribution in [-0.2, 0) is 9.53 Å². The van der Waals surface area contributed by atoms with Crippen molar-refractivity contribution in [3.8, 4) is 0 Å². The number of benzene rings is 1. The van der Waals surface area contributed by atoms with E-state index in [1.54, 1.807) is 5.57 Å². The Morgan fingerprint density at radius 1 is 1.06 bits per heavy atom. The molecule has 0 spiro atoms. The van der Waals surface area contributed by atoms with Crippen LogP contribution < -0.4 is 10.6 Å². The zero-order chi connectivity index (χ0) is 23.7. The number of hydrogen-bond acceptors (Lipinski definition) is 3. The summed E-state index contributed by atoms with van der Waals surface area (Å²) < 4.78 is 5.62. The second-order valence-electron chi connectivity index (χ2n) is 11.7. The molecule has 4 aliphatic carbocycles. The average molecular weight is 477 g/mol. The maximum Gasteiger partial charge on any atom is 0.302 e. The number of ether oxygens (including phenoxy) is 1. The van der Waals surface area contributed by atoms with Gasteiger partial charge in [-0.3, -0.25) is 4.79 Å². The molecule has 1 aromatic rings. The first kappa shape index (κ1) is 22.3. The van der Waals surface area contributed by atoms with E-state index in [1.165, 1.54) is 36.6 Å². The van der Waals surface area contributed by atoms with Crippen molar-refractivity contribution in [1.82, 2.24) is 10.6 Å². The van der Waals surface area contributed by atoms with E-state index in [1.807, 2.05) is 0 Å². The number of nitrogens with one attached hydrogen (secondary N) is 2. The quantitative estimate of drug-likeness (QED) is 0.313. The molecule has 2 fully saturated rings. The van der Waals surface area contributed by atoms with E-state index >= 15 is 0 Å². The van der Waals surface area contributed by atoms with Gasteiger partial charge in [-0.2, -0.15) is 0 Å². The van der Waals surface area contributed by atoms with Crippen LogP contribution in [0.4, 0.5) is 0 Å². The first-order valence-corrected chi connectivity index (χ1v) is 13.4.